The van der Waals surface area contributed by atoms with Gasteiger partial charge in [-0.15, -0.1) is 17.9 Å². The van der Waals surface area contributed by atoms with E-state index in [4.69, 9.17) is 4.98 Å². The maximum Gasteiger partial charge on any atom is 0.263 e. The second kappa shape index (κ2) is 5.38. The number of fused-ring (bicyclic) bond motifs is 1. The molecule has 2 aromatic heterocycles. The van der Waals surface area contributed by atoms with Crippen molar-refractivity contribution >= 4 is 27.5 Å². The summed E-state index contributed by atoms with van der Waals surface area (Å²) in [6, 6.07) is 1.93. The SMILES string of the molecule is C=CCn1c(N2CCNCC2)nc2sc(C)cc2c1=O. The number of rotatable bonds is 3. The minimum Gasteiger partial charge on any atom is -0.340 e. The van der Waals surface area contributed by atoms with Crippen LogP contribution in [0.5, 0.6) is 0 Å². The lowest BCUT2D eigenvalue weighted by atomic mass is 10.3. The summed E-state index contributed by atoms with van der Waals surface area (Å²) in [5.41, 5.74) is 0.0350. The number of allylic oxidation sites excluding steroid dienone is 1. The van der Waals surface area contributed by atoms with Gasteiger partial charge in [-0.25, -0.2) is 4.98 Å². The van der Waals surface area contributed by atoms with Crippen molar-refractivity contribution in [2.45, 2.75) is 13.5 Å². The van der Waals surface area contributed by atoms with Gasteiger partial charge in [-0.2, -0.15) is 0 Å². The molecule has 0 radical (unpaired) electrons. The van der Waals surface area contributed by atoms with Crippen molar-refractivity contribution in [2.24, 2.45) is 0 Å². The zero-order valence-corrected chi connectivity index (χ0v) is 12.4. The van der Waals surface area contributed by atoms with Crippen molar-refractivity contribution in [3.63, 3.8) is 0 Å². The molecular weight excluding hydrogens is 272 g/mol. The van der Waals surface area contributed by atoms with E-state index >= 15 is 0 Å². The number of nitrogens with zero attached hydrogens (tertiary/aromatic N) is 3. The molecule has 0 atom stereocenters. The molecule has 2 aromatic rings. The molecule has 0 aromatic carbocycles. The molecule has 6 heteroatoms. The Labute approximate surface area is 121 Å². The molecule has 1 aliphatic rings. The molecule has 1 fully saturated rings. The maximum absolute atomic E-state index is 12.6. The number of thiophene rings is 1. The lowest BCUT2D eigenvalue weighted by molar-refractivity contribution is 0.565. The molecule has 1 N–H and O–H groups in total. The Balaban J connectivity index is 2.19. The minimum absolute atomic E-state index is 0.0350. The number of nitrogens with one attached hydrogen (secondary N) is 1. The minimum atomic E-state index is 0.0350. The third-order valence-electron chi connectivity index (χ3n) is 3.47. The normalized spacial score (nSPS) is 15.8. The van der Waals surface area contributed by atoms with Crippen molar-refractivity contribution in [2.75, 3.05) is 31.1 Å². The van der Waals surface area contributed by atoms with Gasteiger partial charge in [-0.05, 0) is 13.0 Å². The van der Waals surface area contributed by atoms with Gasteiger partial charge in [-0.1, -0.05) is 6.08 Å². The molecule has 0 bridgehead atoms. The summed E-state index contributed by atoms with van der Waals surface area (Å²) in [6.45, 7) is 9.85. The number of hydrogen-bond acceptors (Lipinski definition) is 5. The van der Waals surface area contributed by atoms with Crippen molar-refractivity contribution in [1.82, 2.24) is 14.9 Å². The largest absolute Gasteiger partial charge is 0.340 e. The van der Waals surface area contributed by atoms with Gasteiger partial charge in [0.05, 0.1) is 5.39 Å². The monoisotopic (exact) mass is 290 g/mol. The number of piperazine rings is 1. The molecule has 0 amide bonds. The van der Waals surface area contributed by atoms with Gasteiger partial charge in [0.2, 0.25) is 5.95 Å². The van der Waals surface area contributed by atoms with Crippen LogP contribution in [0, 0.1) is 6.92 Å². The molecule has 0 saturated carbocycles. The summed E-state index contributed by atoms with van der Waals surface area (Å²) in [5, 5.41) is 4.03. The van der Waals surface area contributed by atoms with E-state index in [0.717, 1.165) is 41.8 Å². The van der Waals surface area contributed by atoms with Gasteiger partial charge >= 0.3 is 0 Å². The Bertz CT molecular complexity index is 697. The van der Waals surface area contributed by atoms with E-state index in [-0.39, 0.29) is 5.56 Å². The average Bonchev–Trinajstić information content (AvgIpc) is 2.84. The predicted molar refractivity (Wildman–Crippen MR) is 83.9 cm³/mol. The van der Waals surface area contributed by atoms with Crippen LogP contribution in [-0.4, -0.2) is 35.7 Å². The molecule has 0 unspecified atom stereocenters. The summed E-state index contributed by atoms with van der Waals surface area (Å²) < 4.78 is 1.73. The van der Waals surface area contributed by atoms with Gasteiger partial charge in [0.25, 0.3) is 5.56 Å². The summed E-state index contributed by atoms with van der Waals surface area (Å²) in [7, 11) is 0. The van der Waals surface area contributed by atoms with Gasteiger partial charge in [0.15, 0.2) is 0 Å². The molecule has 1 saturated heterocycles. The van der Waals surface area contributed by atoms with E-state index in [1.807, 2.05) is 13.0 Å². The summed E-state index contributed by atoms with van der Waals surface area (Å²) in [6.07, 6.45) is 1.75. The highest BCUT2D eigenvalue weighted by molar-refractivity contribution is 7.18. The number of aromatic nitrogens is 2. The fourth-order valence-electron chi connectivity index (χ4n) is 2.53. The van der Waals surface area contributed by atoms with Crippen LogP contribution in [0.2, 0.25) is 0 Å². The first-order valence-electron chi connectivity index (χ1n) is 6.78. The van der Waals surface area contributed by atoms with E-state index in [0.29, 0.717) is 11.9 Å². The van der Waals surface area contributed by atoms with Crippen LogP contribution in [-0.2, 0) is 6.54 Å². The first-order chi connectivity index (χ1) is 9.70. The number of aryl methyl sites for hydroxylation is 1. The zero-order chi connectivity index (χ0) is 14.1. The lowest BCUT2D eigenvalue weighted by Crippen LogP contribution is -2.46. The highest BCUT2D eigenvalue weighted by Gasteiger charge is 2.19. The Morgan fingerprint density at radius 2 is 2.25 bits per heavy atom. The topological polar surface area (TPSA) is 50.2 Å². The number of hydrogen-bond donors (Lipinski definition) is 1. The molecule has 20 heavy (non-hydrogen) atoms. The van der Waals surface area contributed by atoms with Crippen LogP contribution < -0.4 is 15.8 Å². The fourth-order valence-corrected chi connectivity index (χ4v) is 3.39. The molecule has 5 nitrogen and oxygen atoms in total. The van der Waals surface area contributed by atoms with Crippen LogP contribution >= 0.6 is 11.3 Å². The van der Waals surface area contributed by atoms with E-state index in [9.17, 15) is 4.79 Å². The molecule has 1 aliphatic heterocycles. The maximum atomic E-state index is 12.6. The van der Waals surface area contributed by atoms with E-state index in [2.05, 4.69) is 16.8 Å². The van der Waals surface area contributed by atoms with Crippen LogP contribution in [0.3, 0.4) is 0 Å². The Morgan fingerprint density at radius 1 is 1.50 bits per heavy atom. The predicted octanol–water partition coefficient (Wildman–Crippen LogP) is 1.36. The van der Waals surface area contributed by atoms with Crippen molar-refractivity contribution in [1.29, 1.82) is 0 Å². The Hall–Kier alpha value is -1.66. The lowest BCUT2D eigenvalue weighted by Gasteiger charge is -2.29. The second-order valence-corrected chi connectivity index (χ2v) is 6.16. The molecule has 3 heterocycles. The fraction of sp³-hybridized carbons (Fsp3) is 0.429. The smallest absolute Gasteiger partial charge is 0.263 e. The summed E-state index contributed by atoms with van der Waals surface area (Å²) in [5.74, 6) is 0.769. The third-order valence-corrected chi connectivity index (χ3v) is 4.41. The van der Waals surface area contributed by atoms with Crippen LogP contribution in [0.15, 0.2) is 23.5 Å². The second-order valence-electron chi connectivity index (χ2n) is 4.93. The van der Waals surface area contributed by atoms with Gasteiger partial charge in [0, 0.05) is 37.6 Å². The molecule has 0 spiro atoms. The van der Waals surface area contributed by atoms with Crippen LogP contribution in [0.25, 0.3) is 10.2 Å². The Morgan fingerprint density at radius 3 is 2.95 bits per heavy atom. The van der Waals surface area contributed by atoms with Crippen LogP contribution in [0.4, 0.5) is 5.95 Å². The van der Waals surface area contributed by atoms with Gasteiger partial charge in [0.1, 0.15) is 4.83 Å². The Kier molecular flexibility index (Phi) is 3.58. The molecule has 0 aliphatic carbocycles. The third kappa shape index (κ3) is 2.25. The van der Waals surface area contributed by atoms with Gasteiger partial charge in [-0.3, -0.25) is 9.36 Å². The summed E-state index contributed by atoms with van der Waals surface area (Å²) in [4.78, 5) is 21.5. The quantitative estimate of drug-likeness (QED) is 0.867. The van der Waals surface area contributed by atoms with Gasteiger partial charge < -0.3 is 10.2 Å². The molecular formula is C14H18N4OS. The van der Waals surface area contributed by atoms with Crippen LogP contribution in [0.1, 0.15) is 4.88 Å². The highest BCUT2D eigenvalue weighted by Crippen LogP contribution is 2.23. The van der Waals surface area contributed by atoms with E-state index < -0.39 is 0 Å². The molecule has 106 valence electrons. The van der Waals surface area contributed by atoms with E-state index in [1.54, 1.807) is 22.0 Å². The number of anilines is 1. The van der Waals surface area contributed by atoms with Crippen molar-refractivity contribution in [3.05, 3.63) is 34.0 Å². The first-order valence-corrected chi connectivity index (χ1v) is 7.60. The average molecular weight is 290 g/mol. The molecule has 3 rings (SSSR count). The standard InChI is InChI=1S/C14H18N4OS/c1-3-6-18-13(19)11-9-10(2)20-12(11)16-14(18)17-7-4-15-5-8-17/h3,9,15H,1,4-8H2,2H3. The zero-order valence-electron chi connectivity index (χ0n) is 11.6. The summed E-state index contributed by atoms with van der Waals surface area (Å²) >= 11 is 1.58. The van der Waals surface area contributed by atoms with Crippen molar-refractivity contribution in [3.8, 4) is 0 Å². The highest BCUT2D eigenvalue weighted by atomic mass is 32.1. The van der Waals surface area contributed by atoms with Crippen molar-refractivity contribution < 1.29 is 0 Å². The first kappa shape index (κ1) is 13.3. The van der Waals surface area contributed by atoms with E-state index in [1.165, 1.54) is 0 Å².